The molecular weight excluding hydrogens is 152 g/mol. The maximum atomic E-state index is 10.7. The molecule has 60 valence electrons. The van der Waals surface area contributed by atoms with Crippen molar-refractivity contribution in [2.24, 2.45) is 5.73 Å². The SMILES string of the molecule is CC(CNC(N)=O)S(C)=O. The fourth-order valence-corrected chi connectivity index (χ4v) is 0.680. The quantitative estimate of drug-likeness (QED) is 0.586. The van der Waals surface area contributed by atoms with Crippen LogP contribution in [0.5, 0.6) is 0 Å². The molecule has 0 aliphatic heterocycles. The molecule has 0 radical (unpaired) electrons. The van der Waals surface area contributed by atoms with Crippen LogP contribution in [0.4, 0.5) is 4.79 Å². The van der Waals surface area contributed by atoms with Gasteiger partial charge in [-0.05, 0) is 6.92 Å². The number of carbonyl (C=O) groups excluding carboxylic acids is 1. The van der Waals surface area contributed by atoms with Crippen molar-refractivity contribution >= 4 is 16.8 Å². The molecule has 0 saturated heterocycles. The lowest BCUT2D eigenvalue weighted by Crippen LogP contribution is -2.36. The Bertz CT molecular complexity index is 149. The molecule has 0 spiro atoms. The van der Waals surface area contributed by atoms with Crippen molar-refractivity contribution in [3.63, 3.8) is 0 Å². The number of nitrogens with two attached hydrogens (primary N) is 1. The van der Waals surface area contributed by atoms with Gasteiger partial charge in [0.2, 0.25) is 0 Å². The van der Waals surface area contributed by atoms with E-state index in [4.69, 9.17) is 5.73 Å². The van der Waals surface area contributed by atoms with Gasteiger partial charge in [0.05, 0.1) is 0 Å². The Morgan fingerprint density at radius 1 is 1.80 bits per heavy atom. The van der Waals surface area contributed by atoms with Crippen LogP contribution in [0.15, 0.2) is 0 Å². The van der Waals surface area contributed by atoms with Crippen LogP contribution in [0, 0.1) is 0 Å². The molecule has 0 aromatic rings. The van der Waals surface area contributed by atoms with E-state index in [1.807, 2.05) is 0 Å². The topological polar surface area (TPSA) is 72.2 Å². The zero-order valence-corrected chi connectivity index (χ0v) is 6.90. The highest BCUT2D eigenvalue weighted by atomic mass is 32.2. The van der Waals surface area contributed by atoms with Gasteiger partial charge in [-0.2, -0.15) is 0 Å². The Morgan fingerprint density at radius 2 is 2.30 bits per heavy atom. The summed E-state index contributed by atoms with van der Waals surface area (Å²) < 4.78 is 10.7. The first kappa shape index (κ1) is 9.42. The molecular formula is C5H12N2O2S. The van der Waals surface area contributed by atoms with E-state index in [-0.39, 0.29) is 5.25 Å². The van der Waals surface area contributed by atoms with Crippen molar-refractivity contribution in [2.75, 3.05) is 12.8 Å². The summed E-state index contributed by atoms with van der Waals surface area (Å²) in [6, 6.07) is -0.572. The van der Waals surface area contributed by atoms with Gasteiger partial charge in [0.25, 0.3) is 0 Å². The number of primary amides is 1. The van der Waals surface area contributed by atoms with Gasteiger partial charge in [0.1, 0.15) is 0 Å². The van der Waals surface area contributed by atoms with Gasteiger partial charge in [-0.15, -0.1) is 0 Å². The van der Waals surface area contributed by atoms with Gasteiger partial charge in [-0.25, -0.2) is 4.79 Å². The van der Waals surface area contributed by atoms with Gasteiger partial charge in [0.15, 0.2) is 0 Å². The Kier molecular flexibility index (Phi) is 4.02. The lowest BCUT2D eigenvalue weighted by molar-refractivity contribution is 0.249. The van der Waals surface area contributed by atoms with Crippen molar-refractivity contribution in [3.8, 4) is 0 Å². The van der Waals surface area contributed by atoms with Crippen LogP contribution in [0.2, 0.25) is 0 Å². The van der Waals surface area contributed by atoms with Gasteiger partial charge >= 0.3 is 6.03 Å². The first-order valence-electron chi connectivity index (χ1n) is 2.89. The molecule has 3 N–H and O–H groups in total. The predicted molar refractivity (Wildman–Crippen MR) is 41.1 cm³/mol. The predicted octanol–water partition coefficient (Wildman–Crippen LogP) is -0.578. The van der Waals surface area contributed by atoms with Gasteiger partial charge in [0, 0.05) is 28.9 Å². The molecule has 0 fully saturated rings. The number of rotatable bonds is 3. The Morgan fingerprint density at radius 3 is 2.60 bits per heavy atom. The normalized spacial score (nSPS) is 15.8. The van der Waals surface area contributed by atoms with E-state index in [2.05, 4.69) is 5.32 Å². The number of nitrogens with one attached hydrogen (secondary N) is 1. The molecule has 0 rings (SSSR count). The molecule has 0 bridgehead atoms. The van der Waals surface area contributed by atoms with Crippen molar-refractivity contribution in [3.05, 3.63) is 0 Å². The maximum Gasteiger partial charge on any atom is 0.312 e. The van der Waals surface area contributed by atoms with E-state index in [0.29, 0.717) is 6.54 Å². The third-order valence-electron chi connectivity index (χ3n) is 1.13. The molecule has 0 heterocycles. The smallest absolute Gasteiger partial charge is 0.312 e. The van der Waals surface area contributed by atoms with E-state index >= 15 is 0 Å². The fourth-order valence-electron chi connectivity index (χ4n) is 0.362. The van der Waals surface area contributed by atoms with Gasteiger partial charge in [-0.3, -0.25) is 4.21 Å². The Labute approximate surface area is 62.6 Å². The zero-order chi connectivity index (χ0) is 8.15. The van der Waals surface area contributed by atoms with Crippen LogP contribution in [-0.2, 0) is 10.8 Å². The van der Waals surface area contributed by atoms with Gasteiger partial charge < -0.3 is 11.1 Å². The molecule has 4 nitrogen and oxygen atoms in total. The summed E-state index contributed by atoms with van der Waals surface area (Å²) >= 11 is 0. The van der Waals surface area contributed by atoms with Gasteiger partial charge in [-0.1, -0.05) is 0 Å². The standard InChI is InChI=1S/C5H12N2O2S/c1-4(10(2)9)3-7-5(6)8/h4H,3H2,1-2H3,(H3,6,7,8). The monoisotopic (exact) mass is 164 g/mol. The molecule has 5 heteroatoms. The van der Waals surface area contributed by atoms with E-state index in [0.717, 1.165) is 0 Å². The third-order valence-corrected chi connectivity index (χ3v) is 2.43. The van der Waals surface area contributed by atoms with Crippen LogP contribution >= 0.6 is 0 Å². The molecule has 0 saturated carbocycles. The number of amides is 2. The zero-order valence-electron chi connectivity index (χ0n) is 6.09. The highest BCUT2D eigenvalue weighted by Crippen LogP contribution is 1.88. The second-order valence-electron chi connectivity index (χ2n) is 2.05. The first-order valence-corrected chi connectivity index (χ1v) is 4.51. The molecule has 2 unspecified atom stereocenters. The second-order valence-corrected chi connectivity index (χ2v) is 3.86. The summed E-state index contributed by atoms with van der Waals surface area (Å²) in [7, 11) is -0.897. The number of hydrogen-bond acceptors (Lipinski definition) is 2. The molecule has 0 aliphatic rings. The van der Waals surface area contributed by atoms with E-state index in [9.17, 15) is 9.00 Å². The summed E-state index contributed by atoms with van der Waals surface area (Å²) in [5.74, 6) is 0. The summed E-state index contributed by atoms with van der Waals surface area (Å²) in [5, 5.41) is 2.34. The highest BCUT2D eigenvalue weighted by Gasteiger charge is 2.05. The minimum Gasteiger partial charge on any atom is -0.352 e. The number of hydrogen-bond donors (Lipinski definition) is 2. The molecule has 2 amide bonds. The Balaban J connectivity index is 3.49. The van der Waals surface area contributed by atoms with Crippen LogP contribution in [-0.4, -0.2) is 28.3 Å². The van der Waals surface area contributed by atoms with Crippen LogP contribution in [0.25, 0.3) is 0 Å². The first-order chi connectivity index (χ1) is 4.54. The van der Waals surface area contributed by atoms with Crippen LogP contribution < -0.4 is 11.1 Å². The minimum atomic E-state index is -0.897. The molecule has 2 atom stereocenters. The summed E-state index contributed by atoms with van der Waals surface area (Å²) in [4.78, 5) is 10.1. The molecule has 0 aromatic carbocycles. The van der Waals surface area contributed by atoms with Crippen molar-refractivity contribution in [2.45, 2.75) is 12.2 Å². The van der Waals surface area contributed by atoms with Crippen molar-refractivity contribution in [1.29, 1.82) is 0 Å². The number of carbonyl (C=O) groups is 1. The second kappa shape index (κ2) is 4.27. The van der Waals surface area contributed by atoms with E-state index in [1.165, 1.54) is 0 Å². The fraction of sp³-hybridized carbons (Fsp3) is 0.800. The highest BCUT2D eigenvalue weighted by molar-refractivity contribution is 7.84. The van der Waals surface area contributed by atoms with Crippen molar-refractivity contribution < 1.29 is 9.00 Å². The lowest BCUT2D eigenvalue weighted by Gasteiger charge is -2.06. The lowest BCUT2D eigenvalue weighted by atomic mass is 10.5. The van der Waals surface area contributed by atoms with Crippen LogP contribution in [0.3, 0.4) is 0 Å². The third kappa shape index (κ3) is 4.31. The average molecular weight is 164 g/mol. The number of urea groups is 1. The average Bonchev–Trinajstić information content (AvgIpc) is 1.82. The van der Waals surface area contributed by atoms with Crippen molar-refractivity contribution in [1.82, 2.24) is 5.32 Å². The minimum absolute atomic E-state index is 0.0347. The molecule has 10 heavy (non-hydrogen) atoms. The largest absolute Gasteiger partial charge is 0.352 e. The maximum absolute atomic E-state index is 10.7. The summed E-state index contributed by atoms with van der Waals surface area (Å²) in [6.07, 6.45) is 1.59. The van der Waals surface area contributed by atoms with E-state index < -0.39 is 16.8 Å². The summed E-state index contributed by atoms with van der Waals surface area (Å²) in [6.45, 7) is 2.16. The summed E-state index contributed by atoms with van der Waals surface area (Å²) in [5.41, 5.74) is 4.79. The molecule has 0 aromatic heterocycles. The van der Waals surface area contributed by atoms with E-state index in [1.54, 1.807) is 13.2 Å². The van der Waals surface area contributed by atoms with Crippen LogP contribution in [0.1, 0.15) is 6.92 Å². The molecule has 0 aliphatic carbocycles. The Hall–Kier alpha value is -0.580.